The van der Waals surface area contributed by atoms with Crippen LogP contribution in [0, 0.1) is 5.92 Å². The molecule has 86 valence electrons. The summed E-state index contributed by atoms with van der Waals surface area (Å²) >= 11 is 3.45. The second-order valence-corrected chi connectivity index (χ2v) is 7.17. The predicted molar refractivity (Wildman–Crippen MR) is 67.0 cm³/mol. The van der Waals surface area contributed by atoms with E-state index in [2.05, 4.69) is 5.32 Å². The third-order valence-corrected chi connectivity index (χ3v) is 6.65. The Balaban J connectivity index is 2.05. The lowest BCUT2D eigenvalue weighted by Crippen LogP contribution is -2.52. The molecule has 3 nitrogen and oxygen atoms in total. The van der Waals surface area contributed by atoms with Gasteiger partial charge in [0.1, 0.15) is 0 Å². The van der Waals surface area contributed by atoms with Crippen molar-refractivity contribution in [3.8, 4) is 0 Å². The van der Waals surface area contributed by atoms with Crippen LogP contribution in [-0.4, -0.2) is 34.6 Å². The van der Waals surface area contributed by atoms with Crippen molar-refractivity contribution in [1.29, 1.82) is 0 Å². The normalized spacial score (nSPS) is 26.3. The molecular formula is C10H18N2OS2. The van der Waals surface area contributed by atoms with Crippen molar-refractivity contribution in [1.82, 2.24) is 5.32 Å². The molecule has 1 heterocycles. The molecule has 0 spiro atoms. The molecule has 1 amide bonds. The number of amides is 1. The lowest BCUT2D eigenvalue weighted by atomic mass is 10.1. The van der Waals surface area contributed by atoms with Gasteiger partial charge in [0.05, 0.1) is 0 Å². The molecule has 2 rings (SSSR count). The summed E-state index contributed by atoms with van der Waals surface area (Å²) in [6.07, 6.45) is 3.60. The third-order valence-electron chi connectivity index (χ3n) is 3.03. The van der Waals surface area contributed by atoms with E-state index in [9.17, 15) is 4.79 Å². The Bertz CT molecular complexity index is 250. The van der Waals surface area contributed by atoms with Crippen molar-refractivity contribution in [2.24, 2.45) is 11.7 Å². The van der Waals surface area contributed by atoms with E-state index in [1.54, 1.807) is 30.6 Å². The molecule has 1 aliphatic heterocycles. The summed E-state index contributed by atoms with van der Waals surface area (Å²) in [5.74, 6) is 2.96. The summed E-state index contributed by atoms with van der Waals surface area (Å²) in [6, 6.07) is 0.00227. The molecule has 0 bridgehead atoms. The molecule has 1 saturated heterocycles. The second-order valence-electron chi connectivity index (χ2n) is 4.23. The molecule has 0 aromatic heterocycles. The van der Waals surface area contributed by atoms with E-state index in [0.717, 1.165) is 23.8 Å². The molecule has 2 aliphatic rings. The van der Waals surface area contributed by atoms with Crippen molar-refractivity contribution < 1.29 is 4.79 Å². The average molecular weight is 246 g/mol. The number of hydrogen-bond acceptors (Lipinski definition) is 4. The van der Waals surface area contributed by atoms with Crippen LogP contribution in [0.25, 0.3) is 0 Å². The summed E-state index contributed by atoms with van der Waals surface area (Å²) in [5, 5.41) is 2.76. The van der Waals surface area contributed by atoms with Crippen molar-refractivity contribution in [3.63, 3.8) is 0 Å². The largest absolute Gasteiger partial charge is 0.357 e. The Morgan fingerprint density at radius 1 is 1.53 bits per heavy atom. The van der Waals surface area contributed by atoms with E-state index in [4.69, 9.17) is 5.73 Å². The maximum Gasteiger partial charge on any atom is 0.247 e. The molecular weight excluding hydrogens is 228 g/mol. The minimum Gasteiger partial charge on any atom is -0.357 e. The van der Waals surface area contributed by atoms with E-state index >= 15 is 0 Å². The molecule has 1 saturated carbocycles. The zero-order valence-electron chi connectivity index (χ0n) is 8.99. The fourth-order valence-electron chi connectivity index (χ4n) is 1.98. The van der Waals surface area contributed by atoms with Crippen LogP contribution in [0.4, 0.5) is 0 Å². The fourth-order valence-corrected chi connectivity index (χ4v) is 5.18. The van der Waals surface area contributed by atoms with E-state index in [1.807, 2.05) is 0 Å². The van der Waals surface area contributed by atoms with Gasteiger partial charge in [-0.05, 0) is 12.3 Å². The van der Waals surface area contributed by atoms with Gasteiger partial charge in [0.25, 0.3) is 0 Å². The van der Waals surface area contributed by atoms with Crippen LogP contribution in [0.3, 0.4) is 0 Å². The second kappa shape index (κ2) is 4.55. The van der Waals surface area contributed by atoms with E-state index in [1.165, 1.54) is 12.8 Å². The van der Waals surface area contributed by atoms with E-state index in [-0.39, 0.29) is 11.9 Å². The monoisotopic (exact) mass is 246 g/mol. The number of rotatable bonds is 4. The molecule has 2 fully saturated rings. The highest BCUT2D eigenvalue weighted by Gasteiger charge is 2.48. The van der Waals surface area contributed by atoms with Crippen LogP contribution in [0.15, 0.2) is 0 Å². The Morgan fingerprint density at radius 2 is 2.13 bits per heavy atom. The minimum absolute atomic E-state index is 0.00227. The number of carbonyl (C=O) groups excluding carboxylic acids is 1. The number of hydrogen-bond donors (Lipinski definition) is 2. The SMILES string of the molecule is CNC(=O)C1(C(N)CC2CC2)SCCS1. The molecule has 5 heteroatoms. The molecule has 0 aromatic carbocycles. The average Bonchev–Trinajstić information content (AvgIpc) is 2.91. The highest BCUT2D eigenvalue weighted by molar-refractivity contribution is 8.22. The van der Waals surface area contributed by atoms with Crippen LogP contribution in [0.2, 0.25) is 0 Å². The first-order chi connectivity index (χ1) is 7.19. The Kier molecular flexibility index (Phi) is 3.52. The topological polar surface area (TPSA) is 55.1 Å². The van der Waals surface area contributed by atoms with Gasteiger partial charge >= 0.3 is 0 Å². The molecule has 1 unspecified atom stereocenters. The Hall–Kier alpha value is 0.130. The quantitative estimate of drug-likeness (QED) is 0.778. The van der Waals surface area contributed by atoms with Gasteiger partial charge in [0.2, 0.25) is 5.91 Å². The van der Waals surface area contributed by atoms with Gasteiger partial charge in [-0.2, -0.15) is 0 Å². The summed E-state index contributed by atoms with van der Waals surface area (Å²) in [5.41, 5.74) is 6.23. The predicted octanol–water partition coefficient (Wildman–Crippen LogP) is 1.04. The first-order valence-electron chi connectivity index (χ1n) is 5.44. The number of carbonyl (C=O) groups is 1. The summed E-state index contributed by atoms with van der Waals surface area (Å²) in [6.45, 7) is 0. The maximum absolute atomic E-state index is 11.9. The van der Waals surface area contributed by atoms with E-state index < -0.39 is 4.08 Å². The Morgan fingerprint density at radius 3 is 2.60 bits per heavy atom. The summed E-state index contributed by atoms with van der Waals surface area (Å²) in [4.78, 5) is 11.9. The van der Waals surface area contributed by atoms with Crippen LogP contribution < -0.4 is 11.1 Å². The van der Waals surface area contributed by atoms with Crippen LogP contribution in [0.5, 0.6) is 0 Å². The molecule has 0 aromatic rings. The van der Waals surface area contributed by atoms with Gasteiger partial charge in [-0.3, -0.25) is 4.79 Å². The summed E-state index contributed by atoms with van der Waals surface area (Å²) < 4.78 is -0.405. The van der Waals surface area contributed by atoms with Gasteiger partial charge < -0.3 is 11.1 Å². The summed E-state index contributed by atoms with van der Waals surface area (Å²) in [7, 11) is 1.70. The van der Waals surface area contributed by atoms with Gasteiger partial charge in [-0.1, -0.05) is 12.8 Å². The zero-order valence-corrected chi connectivity index (χ0v) is 10.6. The van der Waals surface area contributed by atoms with Crippen molar-refractivity contribution in [2.45, 2.75) is 29.4 Å². The zero-order chi connectivity index (χ0) is 10.9. The molecule has 15 heavy (non-hydrogen) atoms. The lowest BCUT2D eigenvalue weighted by molar-refractivity contribution is -0.121. The maximum atomic E-state index is 11.9. The highest BCUT2D eigenvalue weighted by Crippen LogP contribution is 2.49. The van der Waals surface area contributed by atoms with Crippen molar-refractivity contribution in [2.75, 3.05) is 18.6 Å². The van der Waals surface area contributed by atoms with Gasteiger partial charge in [-0.15, -0.1) is 23.5 Å². The number of nitrogens with one attached hydrogen (secondary N) is 1. The Labute approximate surface area is 99.3 Å². The van der Waals surface area contributed by atoms with Gasteiger partial charge in [0, 0.05) is 24.6 Å². The molecule has 3 N–H and O–H groups in total. The lowest BCUT2D eigenvalue weighted by Gasteiger charge is -2.31. The molecule has 1 aliphatic carbocycles. The standard InChI is InChI=1S/C10H18N2OS2/c1-12-9(13)10(14-4-5-15-10)8(11)6-7-2-3-7/h7-8H,2-6,11H2,1H3,(H,12,13). The minimum atomic E-state index is -0.405. The van der Waals surface area contributed by atoms with Crippen LogP contribution in [-0.2, 0) is 4.79 Å². The van der Waals surface area contributed by atoms with Crippen molar-refractivity contribution >= 4 is 29.4 Å². The molecule has 1 atom stereocenters. The smallest absolute Gasteiger partial charge is 0.247 e. The highest BCUT2D eigenvalue weighted by atomic mass is 32.2. The van der Waals surface area contributed by atoms with Crippen LogP contribution in [0.1, 0.15) is 19.3 Å². The first-order valence-corrected chi connectivity index (χ1v) is 7.42. The van der Waals surface area contributed by atoms with E-state index in [0.29, 0.717) is 0 Å². The van der Waals surface area contributed by atoms with Gasteiger partial charge in [0.15, 0.2) is 4.08 Å². The van der Waals surface area contributed by atoms with Crippen molar-refractivity contribution in [3.05, 3.63) is 0 Å². The fraction of sp³-hybridized carbons (Fsp3) is 0.900. The number of nitrogens with two attached hydrogens (primary N) is 1. The number of thioether (sulfide) groups is 2. The first kappa shape index (κ1) is 11.6. The van der Waals surface area contributed by atoms with Gasteiger partial charge in [-0.25, -0.2) is 0 Å². The molecule has 0 radical (unpaired) electrons. The third kappa shape index (κ3) is 2.29. The van der Waals surface area contributed by atoms with Crippen LogP contribution >= 0.6 is 23.5 Å².